The van der Waals surface area contributed by atoms with Crippen molar-refractivity contribution < 1.29 is 4.79 Å². The number of hydrogen-bond donors (Lipinski definition) is 0. The summed E-state index contributed by atoms with van der Waals surface area (Å²) < 4.78 is 0. The molecular weight excluding hydrogens is 332 g/mol. The van der Waals surface area contributed by atoms with Gasteiger partial charge in [-0.25, -0.2) is 4.98 Å². The molecule has 4 rings (SSSR count). The molecule has 25 heavy (non-hydrogen) atoms. The number of amides is 1. The van der Waals surface area contributed by atoms with Crippen molar-refractivity contribution in [3.63, 3.8) is 0 Å². The van der Waals surface area contributed by atoms with Crippen molar-refractivity contribution in [3.8, 4) is 0 Å². The number of thiazole rings is 1. The second kappa shape index (κ2) is 6.77. The second-order valence-corrected chi connectivity index (χ2v) is 7.43. The molecule has 2 aliphatic rings. The molecule has 132 valence electrons. The zero-order valence-electron chi connectivity index (χ0n) is 14.8. The standard InChI is InChI=1S/C19H24N4OS/c1-3-21(4-2)15-9-7-14(8-10-15)17-22-12-5-6-16(22)18(24)23(17)19-20-11-13-25-19/h7-11,13,16-17H,3-6,12H2,1-2H3. The smallest absolute Gasteiger partial charge is 0.247 e. The molecule has 0 N–H and O–H groups in total. The van der Waals surface area contributed by atoms with E-state index in [4.69, 9.17) is 0 Å². The van der Waals surface area contributed by atoms with Crippen LogP contribution in [0.25, 0.3) is 0 Å². The summed E-state index contributed by atoms with van der Waals surface area (Å²) in [6, 6.07) is 8.71. The zero-order valence-corrected chi connectivity index (χ0v) is 15.6. The van der Waals surface area contributed by atoms with E-state index < -0.39 is 0 Å². The number of anilines is 2. The average molecular weight is 356 g/mol. The van der Waals surface area contributed by atoms with Crippen LogP contribution in [0.15, 0.2) is 35.8 Å². The molecule has 2 unspecified atom stereocenters. The van der Waals surface area contributed by atoms with Gasteiger partial charge in [0, 0.05) is 36.9 Å². The van der Waals surface area contributed by atoms with Gasteiger partial charge in [0.1, 0.15) is 6.17 Å². The second-order valence-electron chi connectivity index (χ2n) is 6.56. The van der Waals surface area contributed by atoms with Gasteiger partial charge >= 0.3 is 0 Å². The van der Waals surface area contributed by atoms with Crippen LogP contribution in [0.3, 0.4) is 0 Å². The van der Waals surface area contributed by atoms with Gasteiger partial charge in [0.05, 0.1) is 6.04 Å². The van der Waals surface area contributed by atoms with E-state index in [1.54, 1.807) is 6.20 Å². The van der Waals surface area contributed by atoms with Crippen molar-refractivity contribution in [1.82, 2.24) is 9.88 Å². The van der Waals surface area contributed by atoms with Crippen LogP contribution < -0.4 is 9.80 Å². The minimum atomic E-state index is -0.0306. The summed E-state index contributed by atoms with van der Waals surface area (Å²) >= 11 is 1.54. The zero-order chi connectivity index (χ0) is 17.4. The molecule has 0 spiro atoms. The number of benzene rings is 1. The molecule has 6 heteroatoms. The topological polar surface area (TPSA) is 39.7 Å². The Morgan fingerprint density at radius 1 is 1.24 bits per heavy atom. The molecule has 2 aromatic rings. The molecule has 0 radical (unpaired) electrons. The Kier molecular flexibility index (Phi) is 4.48. The first-order valence-electron chi connectivity index (χ1n) is 9.07. The number of rotatable bonds is 5. The first kappa shape index (κ1) is 16.5. The van der Waals surface area contributed by atoms with E-state index in [2.05, 4.69) is 52.9 Å². The summed E-state index contributed by atoms with van der Waals surface area (Å²) in [5.74, 6) is 0.199. The van der Waals surface area contributed by atoms with Crippen molar-refractivity contribution >= 4 is 28.1 Å². The highest BCUT2D eigenvalue weighted by Gasteiger charge is 2.50. The summed E-state index contributed by atoms with van der Waals surface area (Å²) in [5, 5.41) is 2.74. The van der Waals surface area contributed by atoms with Crippen molar-refractivity contribution in [2.75, 3.05) is 29.4 Å². The molecule has 1 aromatic carbocycles. The van der Waals surface area contributed by atoms with Crippen LogP contribution in [0.1, 0.15) is 38.4 Å². The van der Waals surface area contributed by atoms with Crippen molar-refractivity contribution in [2.24, 2.45) is 0 Å². The summed E-state index contributed by atoms with van der Waals surface area (Å²) in [6.45, 7) is 7.31. The summed E-state index contributed by atoms with van der Waals surface area (Å²) in [6.07, 6.45) is 3.79. The lowest BCUT2D eigenvalue weighted by Crippen LogP contribution is -2.32. The molecule has 2 saturated heterocycles. The Morgan fingerprint density at radius 3 is 2.64 bits per heavy atom. The molecule has 1 aromatic heterocycles. The fourth-order valence-electron chi connectivity index (χ4n) is 4.10. The third kappa shape index (κ3) is 2.73. The van der Waals surface area contributed by atoms with E-state index in [-0.39, 0.29) is 18.1 Å². The van der Waals surface area contributed by atoms with Crippen molar-refractivity contribution in [3.05, 3.63) is 41.4 Å². The molecule has 0 aliphatic carbocycles. The summed E-state index contributed by atoms with van der Waals surface area (Å²) in [7, 11) is 0. The molecule has 2 atom stereocenters. The fraction of sp³-hybridized carbons (Fsp3) is 0.474. The van der Waals surface area contributed by atoms with E-state index >= 15 is 0 Å². The van der Waals surface area contributed by atoms with Gasteiger partial charge in [0.2, 0.25) is 5.91 Å². The van der Waals surface area contributed by atoms with Crippen molar-refractivity contribution in [1.29, 1.82) is 0 Å². The lowest BCUT2D eigenvalue weighted by Gasteiger charge is -2.29. The minimum Gasteiger partial charge on any atom is -0.372 e. The first-order valence-corrected chi connectivity index (χ1v) is 9.95. The molecule has 2 fully saturated rings. The Morgan fingerprint density at radius 2 is 2.00 bits per heavy atom. The molecule has 1 amide bonds. The predicted octanol–water partition coefficient (Wildman–Crippen LogP) is 3.50. The van der Waals surface area contributed by atoms with Gasteiger partial charge in [0.25, 0.3) is 0 Å². The van der Waals surface area contributed by atoms with E-state index in [1.165, 1.54) is 22.6 Å². The maximum atomic E-state index is 13.0. The lowest BCUT2D eigenvalue weighted by atomic mass is 10.1. The van der Waals surface area contributed by atoms with Gasteiger partial charge in [-0.15, -0.1) is 11.3 Å². The molecule has 3 heterocycles. The summed E-state index contributed by atoms with van der Waals surface area (Å²) in [5.41, 5.74) is 2.40. The molecule has 0 saturated carbocycles. The average Bonchev–Trinajstić information content (AvgIpc) is 3.35. The van der Waals surface area contributed by atoms with E-state index in [0.717, 1.165) is 37.6 Å². The molecule has 5 nitrogen and oxygen atoms in total. The van der Waals surface area contributed by atoms with E-state index in [1.807, 2.05) is 10.3 Å². The highest BCUT2D eigenvalue weighted by atomic mass is 32.1. The number of carbonyl (C=O) groups is 1. The predicted molar refractivity (Wildman–Crippen MR) is 102 cm³/mol. The van der Waals surface area contributed by atoms with Crippen LogP contribution in [-0.2, 0) is 4.79 Å². The molecule has 0 bridgehead atoms. The highest BCUT2D eigenvalue weighted by Crippen LogP contribution is 2.43. The number of carbonyl (C=O) groups excluding carboxylic acids is 1. The van der Waals surface area contributed by atoms with E-state index in [9.17, 15) is 4.79 Å². The molecular formula is C19H24N4OS. The third-order valence-corrected chi connectivity index (χ3v) is 6.09. The van der Waals surface area contributed by atoms with Crippen LogP contribution >= 0.6 is 11.3 Å². The quantitative estimate of drug-likeness (QED) is 0.822. The minimum absolute atomic E-state index is 0.0105. The van der Waals surface area contributed by atoms with Gasteiger partial charge in [-0.3, -0.25) is 14.6 Å². The lowest BCUT2D eigenvalue weighted by molar-refractivity contribution is -0.119. The SMILES string of the molecule is CCN(CC)c1ccc(C2N(c3nccs3)C(=O)C3CCCN32)cc1. The number of hydrogen-bond acceptors (Lipinski definition) is 5. The van der Waals surface area contributed by atoms with Crippen LogP contribution in [0, 0.1) is 0 Å². The Labute approximate surface area is 152 Å². The maximum absolute atomic E-state index is 13.0. The highest BCUT2D eigenvalue weighted by molar-refractivity contribution is 7.13. The first-order chi connectivity index (χ1) is 12.2. The fourth-order valence-corrected chi connectivity index (χ4v) is 4.77. The largest absolute Gasteiger partial charge is 0.372 e. The number of nitrogens with zero attached hydrogens (tertiary/aromatic N) is 4. The molecule has 2 aliphatic heterocycles. The van der Waals surface area contributed by atoms with Crippen LogP contribution in [0.4, 0.5) is 10.8 Å². The number of fused-ring (bicyclic) bond motifs is 1. The third-order valence-electron chi connectivity index (χ3n) is 5.32. The monoisotopic (exact) mass is 356 g/mol. The van der Waals surface area contributed by atoms with Crippen LogP contribution in [0.2, 0.25) is 0 Å². The maximum Gasteiger partial charge on any atom is 0.247 e. The normalized spacial score (nSPS) is 23.3. The van der Waals surface area contributed by atoms with Gasteiger partial charge in [0.15, 0.2) is 5.13 Å². The van der Waals surface area contributed by atoms with Gasteiger partial charge in [-0.05, 0) is 44.4 Å². The van der Waals surface area contributed by atoms with Crippen LogP contribution in [-0.4, -0.2) is 41.5 Å². The summed E-state index contributed by atoms with van der Waals surface area (Å²) in [4.78, 5) is 24.0. The van der Waals surface area contributed by atoms with Gasteiger partial charge < -0.3 is 4.90 Å². The Balaban J connectivity index is 1.69. The van der Waals surface area contributed by atoms with Gasteiger partial charge in [-0.2, -0.15) is 0 Å². The van der Waals surface area contributed by atoms with E-state index in [0.29, 0.717) is 0 Å². The Bertz CT molecular complexity index is 726. The van der Waals surface area contributed by atoms with Crippen molar-refractivity contribution in [2.45, 2.75) is 38.9 Å². The van der Waals surface area contributed by atoms with Gasteiger partial charge in [-0.1, -0.05) is 12.1 Å². The number of aromatic nitrogens is 1. The van der Waals surface area contributed by atoms with Crippen LogP contribution in [0.5, 0.6) is 0 Å². The Hall–Kier alpha value is -1.92.